The number of benzene rings is 2. The predicted octanol–water partition coefficient (Wildman–Crippen LogP) is 4.37. The van der Waals surface area contributed by atoms with E-state index in [9.17, 15) is 4.39 Å². The minimum Gasteiger partial charge on any atom is -0.305 e. The van der Waals surface area contributed by atoms with Crippen molar-refractivity contribution >= 4 is 0 Å². The number of halogens is 1. The van der Waals surface area contributed by atoms with Crippen LogP contribution in [-0.2, 0) is 0 Å². The maximum atomic E-state index is 12.5. The number of imidazole rings is 1. The van der Waals surface area contributed by atoms with Gasteiger partial charge in [-0.1, -0.05) is 12.1 Å². The smallest absolute Gasteiger partial charge is 0.140 e. The summed E-state index contributed by atoms with van der Waals surface area (Å²) in [6.07, 6.45) is 3.63. The Balaban J connectivity index is 0.000000196. The van der Waals surface area contributed by atoms with Crippen molar-refractivity contribution in [2.24, 2.45) is 0 Å². The second-order valence-electron chi connectivity index (χ2n) is 5.65. The Bertz CT molecular complexity index is 974. The molecule has 0 amide bonds. The molecule has 0 saturated heterocycles. The Labute approximate surface area is 146 Å². The van der Waals surface area contributed by atoms with Gasteiger partial charge in [0.2, 0.25) is 0 Å². The summed E-state index contributed by atoms with van der Waals surface area (Å²) >= 11 is 0. The highest BCUT2D eigenvalue weighted by Crippen LogP contribution is 2.15. The first-order valence-corrected chi connectivity index (χ1v) is 7.62. The van der Waals surface area contributed by atoms with Gasteiger partial charge in [0, 0.05) is 6.20 Å². The van der Waals surface area contributed by atoms with Gasteiger partial charge >= 0.3 is 0 Å². The number of nitriles is 2. The van der Waals surface area contributed by atoms with Crippen LogP contribution in [0.5, 0.6) is 0 Å². The number of hydrogen-bond acceptors (Lipinski definition) is 3. The van der Waals surface area contributed by atoms with Crippen LogP contribution in [0, 0.1) is 49.3 Å². The molecule has 0 atom stereocenters. The van der Waals surface area contributed by atoms with E-state index in [0.717, 1.165) is 22.5 Å². The summed E-state index contributed by atoms with van der Waals surface area (Å²) in [5.74, 6) is -0.451. The van der Waals surface area contributed by atoms with Crippen LogP contribution in [0.4, 0.5) is 4.39 Å². The van der Waals surface area contributed by atoms with Crippen molar-refractivity contribution in [3.63, 3.8) is 0 Å². The highest BCUT2D eigenvalue weighted by atomic mass is 19.1. The third kappa shape index (κ3) is 4.53. The SMILES string of the molecule is Cc1ccc(-n2cnc(C)c2)c(C#N)c1.Cc1ccc(F)c(C#N)c1. The third-order valence-electron chi connectivity index (χ3n) is 3.50. The largest absolute Gasteiger partial charge is 0.305 e. The zero-order chi connectivity index (χ0) is 18.4. The number of aryl methyl sites for hydroxylation is 3. The number of rotatable bonds is 1. The predicted molar refractivity (Wildman–Crippen MR) is 93.6 cm³/mol. The van der Waals surface area contributed by atoms with Crippen molar-refractivity contribution < 1.29 is 4.39 Å². The monoisotopic (exact) mass is 332 g/mol. The second kappa shape index (κ2) is 7.90. The Morgan fingerprint density at radius 1 is 0.920 bits per heavy atom. The lowest BCUT2D eigenvalue weighted by atomic mass is 10.1. The molecule has 0 fully saturated rings. The molecule has 0 unspecified atom stereocenters. The quantitative estimate of drug-likeness (QED) is 0.665. The lowest BCUT2D eigenvalue weighted by Crippen LogP contribution is -1.94. The molecule has 0 aliphatic rings. The molecule has 0 bridgehead atoms. The minimum absolute atomic E-state index is 0.111. The highest BCUT2D eigenvalue weighted by molar-refractivity contribution is 5.50. The third-order valence-corrected chi connectivity index (χ3v) is 3.50. The molecule has 0 saturated carbocycles. The van der Waals surface area contributed by atoms with Crippen LogP contribution >= 0.6 is 0 Å². The number of hydrogen-bond donors (Lipinski definition) is 0. The lowest BCUT2D eigenvalue weighted by molar-refractivity contribution is 0.623. The van der Waals surface area contributed by atoms with E-state index >= 15 is 0 Å². The Kier molecular flexibility index (Phi) is 5.66. The average Bonchev–Trinajstić information content (AvgIpc) is 3.03. The number of nitrogens with zero attached hydrogens (tertiary/aromatic N) is 4. The molecule has 5 heteroatoms. The first-order chi connectivity index (χ1) is 11.9. The van der Waals surface area contributed by atoms with Crippen LogP contribution in [0.1, 0.15) is 27.9 Å². The average molecular weight is 332 g/mol. The summed E-state index contributed by atoms with van der Waals surface area (Å²) < 4.78 is 14.4. The molecule has 0 radical (unpaired) electrons. The van der Waals surface area contributed by atoms with Crippen molar-refractivity contribution in [3.05, 3.63) is 82.7 Å². The van der Waals surface area contributed by atoms with Crippen molar-refractivity contribution in [3.8, 4) is 17.8 Å². The van der Waals surface area contributed by atoms with Gasteiger partial charge in [-0.2, -0.15) is 10.5 Å². The van der Waals surface area contributed by atoms with E-state index in [4.69, 9.17) is 10.5 Å². The normalized spacial score (nSPS) is 9.52. The number of aromatic nitrogens is 2. The molecule has 0 aliphatic heterocycles. The molecule has 0 aliphatic carbocycles. The summed E-state index contributed by atoms with van der Waals surface area (Å²) in [5.41, 5.74) is 4.60. The van der Waals surface area contributed by atoms with E-state index in [1.165, 1.54) is 12.1 Å². The van der Waals surface area contributed by atoms with Gasteiger partial charge < -0.3 is 4.57 Å². The van der Waals surface area contributed by atoms with Crippen LogP contribution in [0.15, 0.2) is 48.9 Å². The molecule has 1 aromatic heterocycles. The Morgan fingerprint density at radius 2 is 1.52 bits per heavy atom. The molecule has 2 aromatic carbocycles. The summed E-state index contributed by atoms with van der Waals surface area (Å²) in [7, 11) is 0. The van der Waals surface area contributed by atoms with E-state index < -0.39 is 5.82 Å². The van der Waals surface area contributed by atoms with E-state index in [1.54, 1.807) is 18.5 Å². The van der Waals surface area contributed by atoms with Crippen LogP contribution in [0.3, 0.4) is 0 Å². The van der Waals surface area contributed by atoms with E-state index in [-0.39, 0.29) is 5.56 Å². The van der Waals surface area contributed by atoms with Gasteiger partial charge in [0.1, 0.15) is 18.0 Å². The van der Waals surface area contributed by atoms with E-state index in [1.807, 2.05) is 49.7 Å². The van der Waals surface area contributed by atoms with Gasteiger partial charge in [0.25, 0.3) is 0 Å². The molecule has 124 valence electrons. The summed E-state index contributed by atoms with van der Waals surface area (Å²) in [6, 6.07) is 14.2. The molecular weight excluding hydrogens is 315 g/mol. The summed E-state index contributed by atoms with van der Waals surface area (Å²) in [4.78, 5) is 4.14. The molecule has 25 heavy (non-hydrogen) atoms. The van der Waals surface area contributed by atoms with Gasteiger partial charge in [0.05, 0.1) is 28.8 Å². The van der Waals surface area contributed by atoms with Crippen LogP contribution in [0.2, 0.25) is 0 Å². The molecule has 4 nitrogen and oxygen atoms in total. The van der Waals surface area contributed by atoms with E-state index in [2.05, 4.69) is 11.1 Å². The van der Waals surface area contributed by atoms with Crippen LogP contribution in [-0.4, -0.2) is 9.55 Å². The second-order valence-corrected chi connectivity index (χ2v) is 5.65. The Hall–Kier alpha value is -3.44. The standard InChI is InChI=1S/C12H11N3.C8H6FN/c1-9-3-4-12(11(5-9)6-13)15-7-10(2)14-8-15;1-6-2-3-8(9)7(4-6)5-10/h3-5,7-8H,1-2H3;2-4H,1H3. The summed E-state index contributed by atoms with van der Waals surface area (Å²) in [6.45, 7) is 5.72. The van der Waals surface area contributed by atoms with Crippen molar-refractivity contribution in [2.75, 3.05) is 0 Å². The van der Waals surface area contributed by atoms with Gasteiger partial charge in [-0.05, 0) is 56.2 Å². The topological polar surface area (TPSA) is 65.4 Å². The van der Waals surface area contributed by atoms with Crippen LogP contribution in [0.25, 0.3) is 5.69 Å². The van der Waals surface area contributed by atoms with Gasteiger partial charge in [-0.15, -0.1) is 0 Å². The lowest BCUT2D eigenvalue weighted by Gasteiger charge is -2.04. The van der Waals surface area contributed by atoms with Crippen molar-refractivity contribution in [2.45, 2.75) is 20.8 Å². The Morgan fingerprint density at radius 3 is 2.04 bits per heavy atom. The molecule has 3 rings (SSSR count). The molecule has 0 N–H and O–H groups in total. The fraction of sp³-hybridized carbons (Fsp3) is 0.150. The fourth-order valence-electron chi connectivity index (χ4n) is 2.24. The zero-order valence-electron chi connectivity index (χ0n) is 14.3. The molecule has 3 aromatic rings. The summed E-state index contributed by atoms with van der Waals surface area (Å²) in [5, 5.41) is 17.4. The fourth-order valence-corrected chi connectivity index (χ4v) is 2.24. The molecular formula is C20H17FN4. The molecule has 1 heterocycles. The van der Waals surface area contributed by atoms with Gasteiger partial charge in [-0.25, -0.2) is 9.37 Å². The van der Waals surface area contributed by atoms with Crippen molar-refractivity contribution in [1.82, 2.24) is 9.55 Å². The highest BCUT2D eigenvalue weighted by Gasteiger charge is 2.04. The first kappa shape index (κ1) is 17.9. The maximum absolute atomic E-state index is 12.5. The first-order valence-electron chi connectivity index (χ1n) is 7.62. The molecule has 0 spiro atoms. The maximum Gasteiger partial charge on any atom is 0.140 e. The van der Waals surface area contributed by atoms with Crippen LogP contribution < -0.4 is 0 Å². The van der Waals surface area contributed by atoms with Gasteiger partial charge in [0.15, 0.2) is 0 Å². The zero-order valence-corrected chi connectivity index (χ0v) is 14.3. The van der Waals surface area contributed by atoms with Gasteiger partial charge in [-0.3, -0.25) is 0 Å². The minimum atomic E-state index is -0.451. The van der Waals surface area contributed by atoms with E-state index in [0.29, 0.717) is 5.56 Å². The van der Waals surface area contributed by atoms with Crippen molar-refractivity contribution in [1.29, 1.82) is 10.5 Å².